The summed E-state index contributed by atoms with van der Waals surface area (Å²) in [5, 5.41) is 11.1. The van der Waals surface area contributed by atoms with Crippen LogP contribution in [0.3, 0.4) is 0 Å². The van der Waals surface area contributed by atoms with Gasteiger partial charge in [0.2, 0.25) is 11.8 Å². The fraction of sp³-hybridized carbons (Fsp3) is 0.438. The zero-order valence-electron chi connectivity index (χ0n) is 13.1. The highest BCUT2D eigenvalue weighted by molar-refractivity contribution is 5.93. The summed E-state index contributed by atoms with van der Waals surface area (Å²) in [5.74, 6) is -0.903. The van der Waals surface area contributed by atoms with Gasteiger partial charge in [0.05, 0.1) is 12.7 Å². The van der Waals surface area contributed by atoms with E-state index in [2.05, 4.69) is 10.1 Å². The summed E-state index contributed by atoms with van der Waals surface area (Å²) in [5.41, 5.74) is 2.64. The highest BCUT2D eigenvalue weighted by Gasteiger charge is 2.06. The van der Waals surface area contributed by atoms with E-state index in [1.807, 2.05) is 0 Å². The van der Waals surface area contributed by atoms with Crippen molar-refractivity contribution < 1.29 is 24.3 Å². The molecule has 0 aliphatic heterocycles. The molecule has 126 valence electrons. The Kier molecular flexibility index (Phi) is 8.38. The van der Waals surface area contributed by atoms with E-state index in [1.165, 1.54) is 7.11 Å². The normalized spacial score (nSPS) is 10.0. The van der Waals surface area contributed by atoms with Gasteiger partial charge in [0.15, 0.2) is 0 Å². The van der Waals surface area contributed by atoms with Gasteiger partial charge in [-0.2, -0.15) is 0 Å². The number of carbonyl (C=O) groups is 3. The van der Waals surface area contributed by atoms with Crippen LogP contribution in [0.1, 0.15) is 48.9 Å². The van der Waals surface area contributed by atoms with Gasteiger partial charge in [0.1, 0.15) is 0 Å². The predicted molar refractivity (Wildman–Crippen MR) is 84.0 cm³/mol. The van der Waals surface area contributed by atoms with Crippen LogP contribution in [0.5, 0.6) is 0 Å². The van der Waals surface area contributed by atoms with Crippen LogP contribution in [0.4, 0.5) is 5.69 Å². The van der Waals surface area contributed by atoms with Crippen molar-refractivity contribution >= 4 is 23.5 Å². The molecule has 7 nitrogen and oxygen atoms in total. The molecule has 0 unspecified atom stereocenters. The zero-order valence-corrected chi connectivity index (χ0v) is 13.1. The highest BCUT2D eigenvalue weighted by atomic mass is 16.5. The topological polar surface area (TPSA) is 105 Å². The molecule has 2 amide bonds. The predicted octanol–water partition coefficient (Wildman–Crippen LogP) is 2.26. The molecule has 1 aromatic carbocycles. The van der Waals surface area contributed by atoms with E-state index in [-0.39, 0.29) is 12.3 Å². The van der Waals surface area contributed by atoms with Crippen LogP contribution >= 0.6 is 0 Å². The van der Waals surface area contributed by atoms with Crippen LogP contribution in [0, 0.1) is 0 Å². The summed E-state index contributed by atoms with van der Waals surface area (Å²) in [4.78, 5) is 33.8. The Labute approximate surface area is 135 Å². The number of benzene rings is 1. The number of ether oxygens (including phenoxy) is 1. The lowest BCUT2D eigenvalue weighted by atomic mass is 10.1. The molecule has 0 fully saturated rings. The van der Waals surface area contributed by atoms with Crippen molar-refractivity contribution in [3.8, 4) is 0 Å². The maximum Gasteiger partial charge on any atom is 0.337 e. The van der Waals surface area contributed by atoms with Gasteiger partial charge in [0, 0.05) is 18.5 Å². The maximum atomic E-state index is 11.8. The lowest BCUT2D eigenvalue weighted by Gasteiger charge is -2.06. The van der Waals surface area contributed by atoms with Crippen LogP contribution in [0.15, 0.2) is 24.3 Å². The standard InChI is InChI=1S/C16H22N2O5/c1-23-16(21)12-8-10-13(11-9-12)17-14(19)6-4-2-3-5-7-15(20)18-22/h8-11,22H,2-7H2,1H3,(H,17,19)(H,18,20). The van der Waals surface area contributed by atoms with Gasteiger partial charge >= 0.3 is 5.97 Å². The third-order valence-electron chi connectivity index (χ3n) is 3.27. The minimum atomic E-state index is -0.419. The molecule has 0 aliphatic carbocycles. The van der Waals surface area contributed by atoms with E-state index < -0.39 is 11.9 Å². The van der Waals surface area contributed by atoms with Crippen molar-refractivity contribution in [1.29, 1.82) is 0 Å². The summed E-state index contributed by atoms with van der Waals surface area (Å²) in [6.45, 7) is 0. The first-order chi connectivity index (χ1) is 11.1. The average Bonchev–Trinajstić information content (AvgIpc) is 2.57. The molecule has 23 heavy (non-hydrogen) atoms. The number of anilines is 1. The Morgan fingerprint density at radius 2 is 1.52 bits per heavy atom. The number of methoxy groups -OCH3 is 1. The molecular weight excluding hydrogens is 300 g/mol. The molecule has 0 spiro atoms. The number of nitrogens with one attached hydrogen (secondary N) is 2. The van der Waals surface area contributed by atoms with Gasteiger partial charge in [0.25, 0.3) is 0 Å². The lowest BCUT2D eigenvalue weighted by Crippen LogP contribution is -2.17. The van der Waals surface area contributed by atoms with E-state index in [1.54, 1.807) is 29.7 Å². The van der Waals surface area contributed by atoms with Crippen molar-refractivity contribution in [1.82, 2.24) is 5.48 Å². The maximum absolute atomic E-state index is 11.8. The molecule has 1 aromatic rings. The molecule has 0 aromatic heterocycles. The lowest BCUT2D eigenvalue weighted by molar-refractivity contribution is -0.129. The molecular formula is C16H22N2O5. The molecule has 0 saturated heterocycles. The van der Waals surface area contributed by atoms with Crippen LogP contribution in [-0.4, -0.2) is 30.1 Å². The number of hydrogen-bond donors (Lipinski definition) is 3. The Balaban J connectivity index is 2.21. The highest BCUT2D eigenvalue weighted by Crippen LogP contribution is 2.12. The van der Waals surface area contributed by atoms with Gasteiger partial charge in [-0.3, -0.25) is 14.8 Å². The number of rotatable bonds is 9. The van der Waals surface area contributed by atoms with Gasteiger partial charge in [-0.25, -0.2) is 10.3 Å². The number of hydrogen-bond acceptors (Lipinski definition) is 5. The average molecular weight is 322 g/mol. The monoisotopic (exact) mass is 322 g/mol. The summed E-state index contributed by atoms with van der Waals surface area (Å²) in [6, 6.07) is 6.48. The van der Waals surface area contributed by atoms with Gasteiger partial charge < -0.3 is 10.1 Å². The van der Waals surface area contributed by atoms with Gasteiger partial charge in [-0.05, 0) is 37.1 Å². The summed E-state index contributed by atoms with van der Waals surface area (Å²) in [6.07, 6.45) is 3.76. The quantitative estimate of drug-likeness (QED) is 0.280. The van der Waals surface area contributed by atoms with Crippen LogP contribution in [0.25, 0.3) is 0 Å². The minimum absolute atomic E-state index is 0.0936. The van der Waals surface area contributed by atoms with E-state index in [4.69, 9.17) is 5.21 Å². The Morgan fingerprint density at radius 1 is 0.957 bits per heavy atom. The second-order valence-electron chi connectivity index (χ2n) is 5.07. The zero-order chi connectivity index (χ0) is 17.1. The van der Waals surface area contributed by atoms with Crippen molar-refractivity contribution in [2.24, 2.45) is 0 Å². The smallest absolute Gasteiger partial charge is 0.337 e. The first-order valence-corrected chi connectivity index (χ1v) is 7.48. The first kappa shape index (κ1) is 18.6. The molecule has 1 rings (SSSR count). The minimum Gasteiger partial charge on any atom is -0.465 e. The fourth-order valence-electron chi connectivity index (χ4n) is 2.01. The molecule has 0 atom stereocenters. The largest absolute Gasteiger partial charge is 0.465 e. The number of hydroxylamine groups is 1. The molecule has 0 heterocycles. The molecule has 0 saturated carbocycles. The summed E-state index contributed by atoms with van der Waals surface area (Å²) in [7, 11) is 1.31. The van der Waals surface area contributed by atoms with E-state index in [0.717, 1.165) is 19.3 Å². The van der Waals surface area contributed by atoms with Crippen LogP contribution in [0.2, 0.25) is 0 Å². The van der Waals surface area contributed by atoms with Crippen molar-refractivity contribution in [2.75, 3.05) is 12.4 Å². The molecule has 0 radical (unpaired) electrons. The summed E-state index contributed by atoms with van der Waals surface area (Å²) < 4.78 is 4.60. The number of unbranched alkanes of at least 4 members (excludes halogenated alkanes) is 3. The van der Waals surface area contributed by atoms with Crippen molar-refractivity contribution in [3.63, 3.8) is 0 Å². The Hall–Kier alpha value is -2.41. The van der Waals surface area contributed by atoms with Gasteiger partial charge in [-0.15, -0.1) is 0 Å². The molecule has 7 heteroatoms. The fourth-order valence-corrected chi connectivity index (χ4v) is 2.01. The Morgan fingerprint density at radius 3 is 2.04 bits per heavy atom. The summed E-state index contributed by atoms with van der Waals surface area (Å²) >= 11 is 0. The second-order valence-corrected chi connectivity index (χ2v) is 5.07. The third-order valence-corrected chi connectivity index (χ3v) is 3.27. The molecule has 0 aliphatic rings. The number of esters is 1. The first-order valence-electron chi connectivity index (χ1n) is 7.48. The van der Waals surface area contributed by atoms with E-state index in [0.29, 0.717) is 24.1 Å². The number of carbonyl (C=O) groups excluding carboxylic acids is 3. The molecule has 3 N–H and O–H groups in total. The van der Waals surface area contributed by atoms with Crippen molar-refractivity contribution in [2.45, 2.75) is 38.5 Å². The second kappa shape index (κ2) is 10.3. The van der Waals surface area contributed by atoms with Crippen molar-refractivity contribution in [3.05, 3.63) is 29.8 Å². The van der Waals surface area contributed by atoms with E-state index in [9.17, 15) is 14.4 Å². The molecule has 0 bridgehead atoms. The van der Waals surface area contributed by atoms with Crippen LogP contribution < -0.4 is 10.8 Å². The van der Waals surface area contributed by atoms with Crippen LogP contribution in [-0.2, 0) is 14.3 Å². The van der Waals surface area contributed by atoms with E-state index >= 15 is 0 Å². The SMILES string of the molecule is COC(=O)c1ccc(NC(=O)CCCCCCC(=O)NO)cc1. The number of amides is 2. The van der Waals surface area contributed by atoms with Gasteiger partial charge in [-0.1, -0.05) is 12.8 Å². The Bertz CT molecular complexity index is 528. The third kappa shape index (κ3) is 7.42.